The first-order chi connectivity index (χ1) is 13.3. The summed E-state index contributed by atoms with van der Waals surface area (Å²) in [6.45, 7) is 3.59. The molecule has 0 aliphatic carbocycles. The van der Waals surface area contributed by atoms with Crippen LogP contribution < -0.4 is 16.6 Å². The van der Waals surface area contributed by atoms with Gasteiger partial charge in [-0.15, -0.1) is 0 Å². The van der Waals surface area contributed by atoms with E-state index in [1.165, 1.54) is 11.8 Å². The van der Waals surface area contributed by atoms with Gasteiger partial charge in [-0.3, -0.25) is 9.59 Å². The summed E-state index contributed by atoms with van der Waals surface area (Å²) >= 11 is 1.47. The summed E-state index contributed by atoms with van der Waals surface area (Å²) in [7, 11) is 0. The lowest BCUT2D eigenvalue weighted by Crippen LogP contribution is -2.50. The van der Waals surface area contributed by atoms with Crippen molar-refractivity contribution in [1.29, 1.82) is 0 Å². The highest BCUT2D eigenvalue weighted by atomic mass is 32.2. The fourth-order valence-electron chi connectivity index (χ4n) is 3.03. The number of aromatic nitrogens is 2. The SMILES string of the molecule is CC[C@H](C)[C@@H](C(=O)N[C@@H](CCSC)C(=O)O)n1c(=O)[nH]c2ccccc2c1=O. The maximum Gasteiger partial charge on any atom is 0.329 e. The average Bonchev–Trinajstić information content (AvgIpc) is 2.67. The van der Waals surface area contributed by atoms with Crippen molar-refractivity contribution in [1.82, 2.24) is 14.9 Å². The molecule has 1 aromatic carbocycles. The second kappa shape index (κ2) is 9.59. The summed E-state index contributed by atoms with van der Waals surface area (Å²) in [6.07, 6.45) is 2.62. The Morgan fingerprint density at radius 1 is 1.29 bits per heavy atom. The first kappa shape index (κ1) is 21.7. The summed E-state index contributed by atoms with van der Waals surface area (Å²) in [5.41, 5.74) is -0.878. The molecule has 3 N–H and O–H groups in total. The van der Waals surface area contributed by atoms with Crippen molar-refractivity contribution in [3.63, 3.8) is 0 Å². The van der Waals surface area contributed by atoms with Crippen LogP contribution in [-0.2, 0) is 9.59 Å². The van der Waals surface area contributed by atoms with Crippen molar-refractivity contribution >= 4 is 34.5 Å². The number of benzene rings is 1. The average molecular weight is 407 g/mol. The van der Waals surface area contributed by atoms with E-state index in [1.807, 2.05) is 13.2 Å². The van der Waals surface area contributed by atoms with Crippen LogP contribution in [0.1, 0.15) is 32.7 Å². The third-order valence-corrected chi connectivity index (χ3v) is 5.44. The molecule has 1 heterocycles. The van der Waals surface area contributed by atoms with Crippen molar-refractivity contribution in [2.45, 2.75) is 38.8 Å². The number of carbonyl (C=O) groups is 2. The molecule has 0 radical (unpaired) electrons. The Morgan fingerprint density at radius 3 is 2.57 bits per heavy atom. The highest BCUT2D eigenvalue weighted by Crippen LogP contribution is 2.20. The van der Waals surface area contributed by atoms with E-state index in [0.717, 1.165) is 4.57 Å². The molecule has 0 aliphatic heterocycles. The van der Waals surface area contributed by atoms with Crippen molar-refractivity contribution in [3.05, 3.63) is 45.1 Å². The molecule has 152 valence electrons. The van der Waals surface area contributed by atoms with E-state index in [0.29, 0.717) is 23.1 Å². The van der Waals surface area contributed by atoms with E-state index in [4.69, 9.17) is 0 Å². The van der Waals surface area contributed by atoms with Gasteiger partial charge < -0.3 is 15.4 Å². The first-order valence-corrected chi connectivity index (χ1v) is 10.5. The summed E-state index contributed by atoms with van der Waals surface area (Å²) in [6, 6.07) is 4.37. The van der Waals surface area contributed by atoms with Crippen LogP contribution in [-0.4, -0.2) is 44.6 Å². The standard InChI is InChI=1S/C19H25N3O5S/c1-4-11(2)15(16(23)20-14(18(25)26)9-10-28-3)22-17(24)12-7-5-6-8-13(12)21-19(22)27/h5-8,11,14-15H,4,9-10H2,1-3H3,(H,20,23)(H,21,27)(H,25,26)/t11-,14-,15-/m0/s1. The maximum atomic E-state index is 13.0. The number of para-hydroxylation sites is 1. The molecule has 28 heavy (non-hydrogen) atoms. The highest BCUT2D eigenvalue weighted by molar-refractivity contribution is 7.98. The number of nitrogens with one attached hydrogen (secondary N) is 2. The molecular weight excluding hydrogens is 382 g/mol. The van der Waals surface area contributed by atoms with Gasteiger partial charge in [0.15, 0.2) is 0 Å². The van der Waals surface area contributed by atoms with Crippen LogP contribution >= 0.6 is 11.8 Å². The number of rotatable bonds is 9. The molecule has 2 aromatic rings. The third-order valence-electron chi connectivity index (χ3n) is 4.79. The molecule has 0 bridgehead atoms. The molecule has 0 spiro atoms. The van der Waals surface area contributed by atoms with Gasteiger partial charge in [0.05, 0.1) is 10.9 Å². The highest BCUT2D eigenvalue weighted by Gasteiger charge is 2.32. The number of H-pyrrole nitrogens is 1. The number of aromatic amines is 1. The smallest absolute Gasteiger partial charge is 0.329 e. The number of carbonyl (C=O) groups excluding carboxylic acids is 1. The second-order valence-corrected chi connectivity index (χ2v) is 7.65. The molecule has 8 nitrogen and oxygen atoms in total. The van der Waals surface area contributed by atoms with Gasteiger partial charge in [0.2, 0.25) is 5.91 Å². The lowest BCUT2D eigenvalue weighted by Gasteiger charge is -2.25. The number of aliphatic carboxylic acids is 1. The Bertz CT molecular complexity index is 968. The Labute approximate surface area is 166 Å². The summed E-state index contributed by atoms with van der Waals surface area (Å²) in [5.74, 6) is -1.59. The monoisotopic (exact) mass is 407 g/mol. The van der Waals surface area contributed by atoms with Crippen LogP contribution in [0.2, 0.25) is 0 Å². The quantitative estimate of drug-likeness (QED) is 0.580. The summed E-state index contributed by atoms with van der Waals surface area (Å²) in [4.78, 5) is 52.7. The zero-order valence-electron chi connectivity index (χ0n) is 16.1. The molecule has 3 atom stereocenters. The minimum atomic E-state index is -1.15. The minimum absolute atomic E-state index is 0.248. The Hall–Kier alpha value is -2.55. The largest absolute Gasteiger partial charge is 0.480 e. The second-order valence-electron chi connectivity index (χ2n) is 6.66. The molecule has 0 aliphatic rings. The minimum Gasteiger partial charge on any atom is -0.480 e. The zero-order valence-corrected chi connectivity index (χ0v) is 16.9. The van der Waals surface area contributed by atoms with Crippen molar-refractivity contribution in [2.24, 2.45) is 5.92 Å². The van der Waals surface area contributed by atoms with Crippen molar-refractivity contribution < 1.29 is 14.7 Å². The first-order valence-electron chi connectivity index (χ1n) is 9.07. The lowest BCUT2D eigenvalue weighted by atomic mass is 9.97. The van der Waals surface area contributed by atoms with E-state index in [1.54, 1.807) is 31.2 Å². The number of nitrogens with zero attached hydrogens (tertiary/aromatic N) is 1. The van der Waals surface area contributed by atoms with Crippen LogP contribution in [0.4, 0.5) is 0 Å². The van der Waals surface area contributed by atoms with Crippen LogP contribution in [0.15, 0.2) is 33.9 Å². The number of hydrogen-bond acceptors (Lipinski definition) is 5. The van der Waals surface area contributed by atoms with Gasteiger partial charge in [0, 0.05) is 0 Å². The number of amides is 1. The van der Waals surface area contributed by atoms with Gasteiger partial charge in [0.25, 0.3) is 5.56 Å². The molecule has 1 aromatic heterocycles. The van der Waals surface area contributed by atoms with Gasteiger partial charge in [-0.1, -0.05) is 32.4 Å². The number of thioether (sulfide) groups is 1. The third kappa shape index (κ3) is 4.64. The van der Waals surface area contributed by atoms with Crippen molar-refractivity contribution in [2.75, 3.05) is 12.0 Å². The zero-order chi connectivity index (χ0) is 20.8. The molecule has 0 saturated heterocycles. The number of carboxylic acids is 1. The number of hydrogen-bond donors (Lipinski definition) is 3. The number of carboxylic acid groups (broad SMARTS) is 1. The lowest BCUT2D eigenvalue weighted by molar-refractivity contribution is -0.142. The van der Waals surface area contributed by atoms with Crippen LogP contribution in [0.3, 0.4) is 0 Å². The number of fused-ring (bicyclic) bond motifs is 1. The normalized spacial score (nSPS) is 14.4. The molecule has 0 unspecified atom stereocenters. The fourth-order valence-corrected chi connectivity index (χ4v) is 3.50. The van der Waals surface area contributed by atoms with E-state index in [-0.39, 0.29) is 12.3 Å². The topological polar surface area (TPSA) is 121 Å². The molecule has 9 heteroatoms. The molecule has 1 amide bonds. The molecular formula is C19H25N3O5S. The van der Waals surface area contributed by atoms with Gasteiger partial charge in [-0.05, 0) is 36.5 Å². The predicted molar refractivity (Wildman–Crippen MR) is 110 cm³/mol. The molecule has 2 rings (SSSR count). The Morgan fingerprint density at radius 2 is 1.96 bits per heavy atom. The van der Waals surface area contributed by atoms with Crippen LogP contribution in [0.25, 0.3) is 10.9 Å². The van der Waals surface area contributed by atoms with E-state index >= 15 is 0 Å². The Balaban J connectivity index is 2.51. The predicted octanol–water partition coefficient (Wildman–Crippen LogP) is 1.60. The summed E-state index contributed by atoms with van der Waals surface area (Å²) < 4.78 is 0.902. The summed E-state index contributed by atoms with van der Waals surface area (Å²) in [5, 5.41) is 12.2. The van der Waals surface area contributed by atoms with E-state index in [9.17, 15) is 24.3 Å². The molecule has 0 saturated carbocycles. The van der Waals surface area contributed by atoms with Gasteiger partial charge in [0.1, 0.15) is 12.1 Å². The van der Waals surface area contributed by atoms with Gasteiger partial charge >= 0.3 is 11.7 Å². The van der Waals surface area contributed by atoms with Crippen LogP contribution in [0, 0.1) is 5.92 Å². The van der Waals surface area contributed by atoms with Gasteiger partial charge in [-0.25, -0.2) is 14.2 Å². The van der Waals surface area contributed by atoms with Crippen LogP contribution in [0.5, 0.6) is 0 Å². The Kier molecular flexibility index (Phi) is 7.45. The van der Waals surface area contributed by atoms with E-state index < -0.39 is 35.2 Å². The van der Waals surface area contributed by atoms with Gasteiger partial charge in [-0.2, -0.15) is 11.8 Å². The molecule has 0 fully saturated rings. The maximum absolute atomic E-state index is 13.0. The van der Waals surface area contributed by atoms with Crippen molar-refractivity contribution in [3.8, 4) is 0 Å². The van der Waals surface area contributed by atoms with E-state index in [2.05, 4.69) is 10.3 Å². The fraction of sp³-hybridized carbons (Fsp3) is 0.474.